The van der Waals surface area contributed by atoms with Crippen LogP contribution in [0.4, 0.5) is 0 Å². The monoisotopic (exact) mass is 616 g/mol. The van der Waals surface area contributed by atoms with Crippen LogP contribution in [0.2, 0.25) is 18.1 Å². The standard InChI is InChI=1S/C36H44O7Si/c1-36(2,3)44(4,5)43-33(25-41-23-27-16-10-7-11-17-27)32(24-40-22-26-14-8-6-9-15-26)42-31-21-13-20-30(39)35(31)34-28(37)18-12-19-29(34)38/h6-21,32-33,37-39H,22-25H2,1-5H3/t32-,33+/m1/s1. The van der Waals surface area contributed by atoms with Crippen LogP contribution in [0, 0.1) is 0 Å². The van der Waals surface area contributed by atoms with Gasteiger partial charge < -0.3 is 34.0 Å². The van der Waals surface area contributed by atoms with Crippen molar-refractivity contribution < 1.29 is 34.0 Å². The predicted molar refractivity (Wildman–Crippen MR) is 176 cm³/mol. The maximum Gasteiger partial charge on any atom is 0.192 e. The lowest BCUT2D eigenvalue weighted by molar-refractivity contribution is -0.0592. The zero-order valence-corrected chi connectivity index (χ0v) is 27.2. The molecule has 0 fully saturated rings. The molecule has 4 aromatic carbocycles. The summed E-state index contributed by atoms with van der Waals surface area (Å²) in [5.74, 6) is -0.255. The van der Waals surface area contributed by atoms with Crippen LogP contribution in [0.25, 0.3) is 11.1 Å². The van der Waals surface area contributed by atoms with Crippen molar-refractivity contribution in [3.8, 4) is 34.1 Å². The number of rotatable bonds is 14. The fraction of sp³-hybridized carbons (Fsp3) is 0.333. The first-order chi connectivity index (χ1) is 21.0. The average molecular weight is 617 g/mol. The third kappa shape index (κ3) is 8.63. The highest BCUT2D eigenvalue weighted by molar-refractivity contribution is 6.74. The highest BCUT2D eigenvalue weighted by atomic mass is 28.4. The van der Waals surface area contributed by atoms with Gasteiger partial charge in [0.1, 0.15) is 35.2 Å². The van der Waals surface area contributed by atoms with Crippen molar-refractivity contribution in [3.05, 3.63) is 108 Å². The van der Waals surface area contributed by atoms with Crippen LogP contribution in [0.15, 0.2) is 97.1 Å². The Morgan fingerprint density at radius 1 is 0.591 bits per heavy atom. The van der Waals surface area contributed by atoms with Crippen molar-refractivity contribution in [1.29, 1.82) is 0 Å². The number of phenolic OH excluding ortho intramolecular Hbond substituents is 3. The van der Waals surface area contributed by atoms with Gasteiger partial charge in [0.2, 0.25) is 0 Å². The largest absolute Gasteiger partial charge is 0.507 e. The van der Waals surface area contributed by atoms with Gasteiger partial charge in [0.05, 0.1) is 37.6 Å². The van der Waals surface area contributed by atoms with Gasteiger partial charge in [-0.15, -0.1) is 0 Å². The molecule has 0 aromatic heterocycles. The first-order valence-corrected chi connectivity index (χ1v) is 17.8. The Morgan fingerprint density at radius 3 is 1.55 bits per heavy atom. The van der Waals surface area contributed by atoms with Gasteiger partial charge >= 0.3 is 0 Å². The van der Waals surface area contributed by atoms with Crippen LogP contribution < -0.4 is 4.74 Å². The zero-order chi connectivity index (χ0) is 31.7. The van der Waals surface area contributed by atoms with Crippen molar-refractivity contribution in [3.63, 3.8) is 0 Å². The molecule has 3 N–H and O–H groups in total. The number of hydrogen-bond donors (Lipinski definition) is 3. The Hall–Kier alpha value is -3.82. The van der Waals surface area contributed by atoms with Gasteiger partial charge in [0.15, 0.2) is 8.32 Å². The van der Waals surface area contributed by atoms with E-state index in [4.69, 9.17) is 18.6 Å². The zero-order valence-electron chi connectivity index (χ0n) is 26.2. The lowest BCUT2D eigenvalue weighted by Gasteiger charge is -2.41. The van der Waals surface area contributed by atoms with Gasteiger partial charge in [0, 0.05) is 0 Å². The van der Waals surface area contributed by atoms with Gasteiger partial charge in [-0.2, -0.15) is 0 Å². The quantitative estimate of drug-likeness (QED) is 0.123. The molecule has 0 aliphatic carbocycles. The summed E-state index contributed by atoms with van der Waals surface area (Å²) in [4.78, 5) is 0. The lowest BCUT2D eigenvalue weighted by Crippen LogP contribution is -2.51. The maximum absolute atomic E-state index is 10.9. The predicted octanol–water partition coefficient (Wildman–Crippen LogP) is 8.04. The Bertz CT molecular complexity index is 1450. The third-order valence-corrected chi connectivity index (χ3v) is 12.5. The molecule has 0 saturated carbocycles. The van der Waals surface area contributed by atoms with E-state index in [0.29, 0.717) is 13.2 Å². The minimum absolute atomic E-state index is 0.0757. The van der Waals surface area contributed by atoms with E-state index in [1.807, 2.05) is 60.7 Å². The average Bonchev–Trinajstić information content (AvgIpc) is 2.98. The molecule has 2 atom stereocenters. The fourth-order valence-corrected chi connectivity index (χ4v) is 5.87. The van der Waals surface area contributed by atoms with Crippen molar-refractivity contribution >= 4 is 8.32 Å². The highest BCUT2D eigenvalue weighted by Crippen LogP contribution is 2.47. The molecule has 0 heterocycles. The smallest absolute Gasteiger partial charge is 0.192 e. The molecule has 0 unspecified atom stereocenters. The van der Waals surface area contributed by atoms with E-state index in [2.05, 4.69) is 33.9 Å². The van der Waals surface area contributed by atoms with Crippen LogP contribution in [0.5, 0.6) is 23.0 Å². The summed E-state index contributed by atoms with van der Waals surface area (Å²) >= 11 is 0. The Morgan fingerprint density at radius 2 is 1.05 bits per heavy atom. The van der Waals surface area contributed by atoms with E-state index in [1.165, 1.54) is 24.3 Å². The Kier molecular flexibility index (Phi) is 11.1. The van der Waals surface area contributed by atoms with Crippen molar-refractivity contribution in [2.75, 3.05) is 13.2 Å². The van der Waals surface area contributed by atoms with Crippen molar-refractivity contribution in [1.82, 2.24) is 0 Å². The van der Waals surface area contributed by atoms with Crippen LogP contribution in [-0.2, 0) is 27.1 Å². The second kappa shape index (κ2) is 14.8. The second-order valence-electron chi connectivity index (χ2n) is 12.4. The summed E-state index contributed by atoms with van der Waals surface area (Å²) in [5, 5.41) is 32.2. The molecule has 0 aliphatic rings. The molecular weight excluding hydrogens is 572 g/mol. The summed E-state index contributed by atoms with van der Waals surface area (Å²) in [6.45, 7) is 12.1. The minimum Gasteiger partial charge on any atom is -0.507 e. The van der Waals surface area contributed by atoms with Crippen LogP contribution in [0.3, 0.4) is 0 Å². The number of phenols is 3. The number of benzene rings is 4. The van der Waals surface area contributed by atoms with E-state index in [1.54, 1.807) is 12.1 Å². The second-order valence-corrected chi connectivity index (χ2v) is 17.2. The molecule has 4 aromatic rings. The van der Waals surface area contributed by atoms with E-state index in [0.717, 1.165) is 11.1 Å². The lowest BCUT2D eigenvalue weighted by atomic mass is 10.0. The maximum atomic E-state index is 10.9. The Labute approximate surface area is 261 Å². The first kappa shape index (κ1) is 33.1. The summed E-state index contributed by atoms with van der Waals surface area (Å²) in [5.41, 5.74) is 2.31. The van der Waals surface area contributed by atoms with E-state index in [-0.39, 0.29) is 52.4 Å². The molecule has 7 nitrogen and oxygen atoms in total. The normalized spacial score (nSPS) is 13.4. The van der Waals surface area contributed by atoms with Crippen LogP contribution in [-0.4, -0.2) is 49.1 Å². The third-order valence-electron chi connectivity index (χ3n) is 8.01. The van der Waals surface area contributed by atoms with E-state index >= 15 is 0 Å². The minimum atomic E-state index is -2.33. The van der Waals surface area contributed by atoms with Gasteiger partial charge in [0.25, 0.3) is 0 Å². The number of aromatic hydroxyl groups is 3. The van der Waals surface area contributed by atoms with Crippen LogP contribution in [0.1, 0.15) is 31.9 Å². The van der Waals surface area contributed by atoms with Gasteiger partial charge in [-0.1, -0.05) is 93.6 Å². The van der Waals surface area contributed by atoms with E-state index < -0.39 is 20.5 Å². The van der Waals surface area contributed by atoms with Crippen molar-refractivity contribution in [2.24, 2.45) is 0 Å². The Balaban J connectivity index is 1.70. The molecule has 4 rings (SSSR count). The molecule has 0 amide bonds. The SMILES string of the molecule is CC(C)(C)[Si](C)(C)O[C@@H](COCc1ccccc1)[C@@H](COCc1ccccc1)Oc1cccc(O)c1-c1c(O)cccc1O. The highest BCUT2D eigenvalue weighted by Gasteiger charge is 2.42. The van der Waals surface area contributed by atoms with Crippen LogP contribution >= 0.6 is 0 Å². The van der Waals surface area contributed by atoms with Gasteiger partial charge in [-0.3, -0.25) is 0 Å². The molecule has 234 valence electrons. The molecule has 0 spiro atoms. The number of hydrogen-bond acceptors (Lipinski definition) is 7. The molecule has 0 bridgehead atoms. The van der Waals surface area contributed by atoms with Crippen molar-refractivity contribution in [2.45, 2.75) is 64.3 Å². The summed E-state index contributed by atoms with van der Waals surface area (Å²) in [6, 6.07) is 29.1. The fourth-order valence-electron chi connectivity index (χ4n) is 4.54. The molecule has 8 heteroatoms. The molecule has 0 saturated heterocycles. The molecular formula is C36H44O7Si. The van der Waals surface area contributed by atoms with Gasteiger partial charge in [-0.05, 0) is 53.5 Å². The summed E-state index contributed by atoms with van der Waals surface area (Å²) in [7, 11) is -2.33. The summed E-state index contributed by atoms with van der Waals surface area (Å²) < 4.78 is 26.1. The molecule has 44 heavy (non-hydrogen) atoms. The van der Waals surface area contributed by atoms with E-state index in [9.17, 15) is 15.3 Å². The summed E-state index contributed by atoms with van der Waals surface area (Å²) in [6.07, 6.45) is -1.21. The topological polar surface area (TPSA) is 97.6 Å². The first-order valence-electron chi connectivity index (χ1n) is 14.9. The number of ether oxygens (including phenoxy) is 3. The van der Waals surface area contributed by atoms with Gasteiger partial charge in [-0.25, -0.2) is 0 Å². The molecule has 0 radical (unpaired) electrons. The molecule has 0 aliphatic heterocycles.